The summed E-state index contributed by atoms with van der Waals surface area (Å²) >= 11 is 0. The number of hydrogen-bond donors (Lipinski definition) is 3. The first kappa shape index (κ1) is 13.3. The molecule has 1 heterocycles. The molecule has 2 aromatic carbocycles. The topological polar surface area (TPSA) is 87.8 Å². The van der Waals surface area contributed by atoms with Crippen molar-refractivity contribution in [3.63, 3.8) is 0 Å². The molecule has 0 radical (unpaired) electrons. The van der Waals surface area contributed by atoms with Crippen LogP contribution in [0.4, 0.5) is 4.39 Å². The van der Waals surface area contributed by atoms with Crippen molar-refractivity contribution in [2.75, 3.05) is 0 Å². The SMILES string of the molecule is N[C@H](c1ccc(F)cc1)c1nc(-c2ccc(O)cc2)n[nH]1. The van der Waals surface area contributed by atoms with Crippen LogP contribution in [0, 0.1) is 5.82 Å². The minimum absolute atomic E-state index is 0.178. The highest BCUT2D eigenvalue weighted by molar-refractivity contribution is 5.55. The third kappa shape index (κ3) is 2.75. The second-order valence-corrected chi connectivity index (χ2v) is 4.62. The molecule has 0 spiro atoms. The van der Waals surface area contributed by atoms with Gasteiger partial charge >= 0.3 is 0 Å². The number of benzene rings is 2. The summed E-state index contributed by atoms with van der Waals surface area (Å²) in [4.78, 5) is 4.34. The molecule has 4 N–H and O–H groups in total. The number of hydrogen-bond acceptors (Lipinski definition) is 4. The fraction of sp³-hybridized carbons (Fsp3) is 0.0667. The van der Waals surface area contributed by atoms with E-state index in [0.29, 0.717) is 11.6 Å². The Morgan fingerprint density at radius 2 is 1.71 bits per heavy atom. The summed E-state index contributed by atoms with van der Waals surface area (Å²) in [6.07, 6.45) is 0. The molecule has 21 heavy (non-hydrogen) atoms. The van der Waals surface area contributed by atoms with Crippen LogP contribution in [0.5, 0.6) is 5.75 Å². The molecule has 0 saturated carbocycles. The van der Waals surface area contributed by atoms with Crippen LogP contribution in [0.1, 0.15) is 17.4 Å². The van der Waals surface area contributed by atoms with Gasteiger partial charge < -0.3 is 10.8 Å². The zero-order chi connectivity index (χ0) is 14.8. The first-order valence-corrected chi connectivity index (χ1v) is 6.36. The number of halogens is 1. The lowest BCUT2D eigenvalue weighted by atomic mass is 10.1. The molecular weight excluding hydrogens is 271 g/mol. The van der Waals surface area contributed by atoms with Crippen molar-refractivity contribution in [3.8, 4) is 17.1 Å². The van der Waals surface area contributed by atoms with Crippen LogP contribution in [-0.2, 0) is 0 Å². The number of aromatic amines is 1. The van der Waals surface area contributed by atoms with Gasteiger partial charge in [0.25, 0.3) is 0 Å². The third-order valence-electron chi connectivity index (χ3n) is 3.15. The first-order chi connectivity index (χ1) is 10.1. The van der Waals surface area contributed by atoms with Gasteiger partial charge in [-0.15, -0.1) is 0 Å². The van der Waals surface area contributed by atoms with E-state index in [0.717, 1.165) is 11.1 Å². The Labute approximate surface area is 120 Å². The van der Waals surface area contributed by atoms with Gasteiger partial charge in [0.1, 0.15) is 17.4 Å². The molecule has 6 heteroatoms. The summed E-state index contributed by atoms with van der Waals surface area (Å²) in [5, 5.41) is 16.2. The van der Waals surface area contributed by atoms with Gasteiger partial charge in [0.15, 0.2) is 5.82 Å². The highest BCUT2D eigenvalue weighted by atomic mass is 19.1. The van der Waals surface area contributed by atoms with Crippen LogP contribution >= 0.6 is 0 Å². The van der Waals surface area contributed by atoms with Crippen LogP contribution < -0.4 is 5.73 Å². The van der Waals surface area contributed by atoms with E-state index in [1.165, 1.54) is 12.1 Å². The lowest BCUT2D eigenvalue weighted by Crippen LogP contribution is -2.13. The Hall–Kier alpha value is -2.73. The summed E-state index contributed by atoms with van der Waals surface area (Å²) in [6.45, 7) is 0. The molecule has 1 atom stereocenters. The second-order valence-electron chi connectivity index (χ2n) is 4.62. The van der Waals surface area contributed by atoms with Crippen LogP contribution in [0.2, 0.25) is 0 Å². The van der Waals surface area contributed by atoms with E-state index in [-0.39, 0.29) is 11.6 Å². The van der Waals surface area contributed by atoms with Gasteiger partial charge in [-0.3, -0.25) is 5.10 Å². The molecule has 0 saturated heterocycles. The highest BCUT2D eigenvalue weighted by Gasteiger charge is 2.14. The smallest absolute Gasteiger partial charge is 0.181 e. The number of rotatable bonds is 3. The number of nitrogens with one attached hydrogen (secondary N) is 1. The second kappa shape index (κ2) is 5.34. The van der Waals surface area contributed by atoms with Gasteiger partial charge in [0.2, 0.25) is 0 Å². The number of aromatic hydroxyl groups is 1. The van der Waals surface area contributed by atoms with E-state index in [9.17, 15) is 9.50 Å². The maximum Gasteiger partial charge on any atom is 0.181 e. The van der Waals surface area contributed by atoms with Crippen molar-refractivity contribution < 1.29 is 9.50 Å². The van der Waals surface area contributed by atoms with E-state index < -0.39 is 6.04 Å². The molecule has 1 aromatic heterocycles. The van der Waals surface area contributed by atoms with Crippen molar-refractivity contribution in [1.29, 1.82) is 0 Å². The van der Waals surface area contributed by atoms with Crippen molar-refractivity contribution in [2.45, 2.75) is 6.04 Å². The maximum absolute atomic E-state index is 12.9. The van der Waals surface area contributed by atoms with Gasteiger partial charge in [-0.05, 0) is 42.0 Å². The molecule has 3 aromatic rings. The zero-order valence-electron chi connectivity index (χ0n) is 11.0. The van der Waals surface area contributed by atoms with Crippen molar-refractivity contribution >= 4 is 0 Å². The van der Waals surface area contributed by atoms with Crippen molar-refractivity contribution in [1.82, 2.24) is 15.2 Å². The normalized spacial score (nSPS) is 12.3. The molecule has 0 unspecified atom stereocenters. The molecule has 106 valence electrons. The fourth-order valence-corrected chi connectivity index (χ4v) is 1.98. The quantitative estimate of drug-likeness (QED) is 0.689. The summed E-state index contributed by atoms with van der Waals surface area (Å²) in [7, 11) is 0. The van der Waals surface area contributed by atoms with E-state index >= 15 is 0 Å². The van der Waals surface area contributed by atoms with E-state index in [2.05, 4.69) is 15.2 Å². The number of H-pyrrole nitrogens is 1. The summed E-state index contributed by atoms with van der Waals surface area (Å²) in [5.41, 5.74) is 7.59. The molecule has 5 nitrogen and oxygen atoms in total. The van der Waals surface area contributed by atoms with Gasteiger partial charge in [-0.1, -0.05) is 12.1 Å². The standard InChI is InChI=1S/C15H13FN4O/c16-11-5-1-9(2-6-11)13(17)15-18-14(19-20-15)10-3-7-12(21)8-4-10/h1-8,13,21H,17H2,(H,18,19,20)/t13-/m1/s1. The molecule has 3 rings (SSSR count). The molecule has 0 bridgehead atoms. The summed E-state index contributed by atoms with van der Waals surface area (Å²) in [5.74, 6) is 0.845. The van der Waals surface area contributed by atoms with E-state index in [4.69, 9.17) is 5.73 Å². The molecule has 0 amide bonds. The Morgan fingerprint density at radius 3 is 2.38 bits per heavy atom. The number of phenols is 1. The summed E-state index contributed by atoms with van der Waals surface area (Å²) < 4.78 is 12.9. The monoisotopic (exact) mass is 284 g/mol. The van der Waals surface area contributed by atoms with Crippen LogP contribution in [0.25, 0.3) is 11.4 Å². The first-order valence-electron chi connectivity index (χ1n) is 6.36. The molecule has 0 aliphatic carbocycles. The van der Waals surface area contributed by atoms with Gasteiger partial charge in [-0.2, -0.15) is 5.10 Å². The maximum atomic E-state index is 12.9. The number of nitrogens with zero attached hydrogens (tertiary/aromatic N) is 2. The predicted molar refractivity (Wildman–Crippen MR) is 75.9 cm³/mol. The Balaban J connectivity index is 1.87. The molecular formula is C15H13FN4O. The summed E-state index contributed by atoms with van der Waals surface area (Å²) in [6, 6.07) is 12.0. The van der Waals surface area contributed by atoms with Gasteiger partial charge in [0, 0.05) is 5.56 Å². The highest BCUT2D eigenvalue weighted by Crippen LogP contribution is 2.21. The number of nitrogens with two attached hydrogens (primary N) is 1. The van der Waals surface area contributed by atoms with Crippen LogP contribution in [-0.4, -0.2) is 20.3 Å². The Morgan fingerprint density at radius 1 is 1.05 bits per heavy atom. The largest absolute Gasteiger partial charge is 0.508 e. The molecule has 0 aliphatic rings. The molecule has 0 aliphatic heterocycles. The average molecular weight is 284 g/mol. The van der Waals surface area contributed by atoms with Crippen LogP contribution in [0.15, 0.2) is 48.5 Å². The minimum Gasteiger partial charge on any atom is -0.508 e. The van der Waals surface area contributed by atoms with Crippen molar-refractivity contribution in [2.24, 2.45) is 5.73 Å². The van der Waals surface area contributed by atoms with Gasteiger partial charge in [0.05, 0.1) is 6.04 Å². The average Bonchev–Trinajstić information content (AvgIpc) is 2.98. The molecule has 0 fully saturated rings. The Bertz CT molecular complexity index is 737. The fourth-order valence-electron chi connectivity index (χ4n) is 1.98. The number of aromatic nitrogens is 3. The lowest BCUT2D eigenvalue weighted by molar-refractivity contribution is 0.475. The third-order valence-corrected chi connectivity index (χ3v) is 3.15. The predicted octanol–water partition coefficient (Wildman–Crippen LogP) is 2.36. The zero-order valence-corrected chi connectivity index (χ0v) is 11.0. The van der Waals surface area contributed by atoms with E-state index in [1.54, 1.807) is 36.4 Å². The van der Waals surface area contributed by atoms with Gasteiger partial charge in [-0.25, -0.2) is 9.37 Å². The Kier molecular flexibility index (Phi) is 3.37. The van der Waals surface area contributed by atoms with Crippen molar-refractivity contribution in [3.05, 3.63) is 65.7 Å². The lowest BCUT2D eigenvalue weighted by Gasteiger charge is -2.07. The number of phenolic OH excluding ortho intramolecular Hbond substituents is 1. The van der Waals surface area contributed by atoms with E-state index in [1.807, 2.05) is 0 Å². The minimum atomic E-state index is -0.510. The van der Waals surface area contributed by atoms with Crippen LogP contribution in [0.3, 0.4) is 0 Å².